The zero-order valence-corrected chi connectivity index (χ0v) is 12.2. The van der Waals surface area contributed by atoms with Crippen LogP contribution in [-0.4, -0.2) is 28.0 Å². The molecule has 0 spiro atoms. The lowest BCUT2D eigenvalue weighted by Crippen LogP contribution is -2.26. The Balaban J connectivity index is 2.13. The van der Waals surface area contributed by atoms with E-state index in [-0.39, 0.29) is 18.1 Å². The molecule has 1 heterocycles. The quantitative estimate of drug-likeness (QED) is 0.756. The molecule has 0 amide bonds. The number of phenols is 1. The molecule has 0 saturated carbocycles. The Bertz CT molecular complexity index is 510. The molecule has 2 atom stereocenters. The molecule has 2 unspecified atom stereocenters. The third-order valence-corrected chi connectivity index (χ3v) is 3.74. The Labute approximate surface area is 124 Å². The number of hydrogen-bond acceptors (Lipinski definition) is 4. The topological polar surface area (TPSA) is 79.1 Å². The summed E-state index contributed by atoms with van der Waals surface area (Å²) in [5.74, 6) is -0.678. The molecule has 0 radical (unpaired) electrons. The van der Waals surface area contributed by atoms with E-state index in [1.165, 1.54) is 0 Å². The maximum absolute atomic E-state index is 11.0. The van der Waals surface area contributed by atoms with Crippen molar-refractivity contribution in [1.29, 1.82) is 0 Å². The Morgan fingerprint density at radius 1 is 1.29 bits per heavy atom. The van der Waals surface area contributed by atoms with Gasteiger partial charge in [0.1, 0.15) is 11.9 Å². The molecule has 5 heteroatoms. The summed E-state index contributed by atoms with van der Waals surface area (Å²) in [7, 11) is 0. The van der Waals surface area contributed by atoms with Crippen LogP contribution in [0.4, 0.5) is 0 Å². The Hall–Kier alpha value is -2.04. The first-order valence-electron chi connectivity index (χ1n) is 7.36. The van der Waals surface area contributed by atoms with E-state index in [4.69, 9.17) is 9.94 Å². The van der Waals surface area contributed by atoms with Gasteiger partial charge < -0.3 is 15.1 Å². The third-order valence-electron chi connectivity index (χ3n) is 3.74. The number of aromatic hydroxyl groups is 1. The molecule has 2 N–H and O–H groups in total. The van der Waals surface area contributed by atoms with E-state index in [2.05, 4.69) is 12.1 Å². The SMILES string of the molecule is CCCCCC1C(c2ccc(O)cc2)=NOC1CC(=O)O. The highest BCUT2D eigenvalue weighted by molar-refractivity contribution is 6.03. The van der Waals surface area contributed by atoms with Crippen LogP contribution in [0.1, 0.15) is 44.6 Å². The molecule has 2 rings (SSSR count). The van der Waals surface area contributed by atoms with E-state index in [0.717, 1.165) is 37.0 Å². The molecule has 5 nitrogen and oxygen atoms in total. The van der Waals surface area contributed by atoms with Gasteiger partial charge in [-0.1, -0.05) is 31.3 Å². The molecule has 1 aliphatic rings. The molecule has 1 aromatic carbocycles. The standard InChI is InChI=1S/C16H21NO4/c1-2-3-4-5-13-14(10-15(19)20)21-17-16(13)11-6-8-12(18)9-7-11/h6-9,13-14,18H,2-5,10H2,1H3,(H,19,20). The van der Waals surface area contributed by atoms with E-state index in [1.807, 2.05) is 0 Å². The van der Waals surface area contributed by atoms with Gasteiger partial charge in [-0.05, 0) is 36.2 Å². The van der Waals surface area contributed by atoms with E-state index in [9.17, 15) is 9.90 Å². The highest BCUT2D eigenvalue weighted by Crippen LogP contribution is 2.30. The summed E-state index contributed by atoms with van der Waals surface area (Å²) in [6.07, 6.45) is 3.68. The van der Waals surface area contributed by atoms with Gasteiger partial charge in [0.2, 0.25) is 0 Å². The molecule has 0 aliphatic carbocycles. The maximum atomic E-state index is 11.0. The van der Waals surface area contributed by atoms with Crippen LogP contribution in [0.5, 0.6) is 5.75 Å². The smallest absolute Gasteiger partial charge is 0.307 e. The summed E-state index contributed by atoms with van der Waals surface area (Å²) in [6, 6.07) is 6.78. The number of rotatable bonds is 7. The zero-order chi connectivity index (χ0) is 15.2. The van der Waals surface area contributed by atoms with Crippen molar-refractivity contribution < 1.29 is 19.8 Å². The molecular weight excluding hydrogens is 270 g/mol. The van der Waals surface area contributed by atoms with Crippen molar-refractivity contribution in [3.63, 3.8) is 0 Å². The number of nitrogens with zero attached hydrogens (tertiary/aromatic N) is 1. The minimum Gasteiger partial charge on any atom is -0.508 e. The second-order valence-electron chi connectivity index (χ2n) is 5.37. The number of aliphatic carboxylic acids is 1. The van der Waals surface area contributed by atoms with Gasteiger partial charge in [-0.25, -0.2) is 0 Å². The van der Waals surface area contributed by atoms with E-state index in [0.29, 0.717) is 0 Å². The van der Waals surface area contributed by atoms with Gasteiger partial charge in [0.05, 0.1) is 12.1 Å². The van der Waals surface area contributed by atoms with E-state index in [1.54, 1.807) is 24.3 Å². The van der Waals surface area contributed by atoms with Gasteiger partial charge in [0.15, 0.2) is 0 Å². The van der Waals surface area contributed by atoms with Gasteiger partial charge >= 0.3 is 5.97 Å². The minimum absolute atomic E-state index is 0.00260. The summed E-state index contributed by atoms with van der Waals surface area (Å²) in [4.78, 5) is 16.3. The second kappa shape index (κ2) is 7.11. The number of benzene rings is 1. The van der Waals surface area contributed by atoms with E-state index < -0.39 is 12.1 Å². The van der Waals surface area contributed by atoms with Crippen molar-refractivity contribution in [2.24, 2.45) is 11.1 Å². The molecule has 1 aromatic rings. The number of oxime groups is 1. The highest BCUT2D eigenvalue weighted by atomic mass is 16.6. The molecule has 114 valence electrons. The lowest BCUT2D eigenvalue weighted by molar-refractivity contribution is -0.140. The van der Waals surface area contributed by atoms with Crippen LogP contribution >= 0.6 is 0 Å². The van der Waals surface area contributed by atoms with Crippen LogP contribution in [0.3, 0.4) is 0 Å². The number of carbonyl (C=O) groups is 1. The van der Waals surface area contributed by atoms with Crippen LogP contribution < -0.4 is 0 Å². The number of unbranched alkanes of at least 4 members (excludes halogenated alkanes) is 2. The van der Waals surface area contributed by atoms with Crippen molar-refractivity contribution in [2.45, 2.75) is 45.1 Å². The largest absolute Gasteiger partial charge is 0.508 e. The summed E-state index contributed by atoms with van der Waals surface area (Å²) >= 11 is 0. The molecule has 0 fully saturated rings. The van der Waals surface area contributed by atoms with Crippen LogP contribution in [-0.2, 0) is 9.63 Å². The summed E-state index contributed by atoms with van der Waals surface area (Å²) in [5, 5.41) is 22.5. The van der Waals surface area contributed by atoms with Crippen LogP contribution in [0.25, 0.3) is 0 Å². The Morgan fingerprint density at radius 2 is 2.00 bits per heavy atom. The van der Waals surface area contributed by atoms with Crippen LogP contribution in [0.2, 0.25) is 0 Å². The first-order valence-corrected chi connectivity index (χ1v) is 7.36. The normalized spacial score (nSPS) is 20.9. The van der Waals surface area contributed by atoms with Gasteiger partial charge in [0, 0.05) is 5.92 Å². The highest BCUT2D eigenvalue weighted by Gasteiger charge is 2.35. The Kier molecular flexibility index (Phi) is 5.20. The summed E-state index contributed by atoms with van der Waals surface area (Å²) in [6.45, 7) is 2.13. The zero-order valence-electron chi connectivity index (χ0n) is 12.2. The molecule has 0 aromatic heterocycles. The lowest BCUT2D eigenvalue weighted by atomic mass is 9.86. The predicted octanol–water partition coefficient (Wildman–Crippen LogP) is 3.17. The van der Waals surface area contributed by atoms with Crippen molar-refractivity contribution >= 4 is 11.7 Å². The first kappa shape index (κ1) is 15.4. The lowest BCUT2D eigenvalue weighted by Gasteiger charge is -2.17. The van der Waals surface area contributed by atoms with Crippen molar-refractivity contribution in [1.82, 2.24) is 0 Å². The number of carboxylic acid groups (broad SMARTS) is 1. The minimum atomic E-state index is -0.873. The average molecular weight is 291 g/mol. The van der Waals surface area contributed by atoms with Crippen LogP contribution in [0.15, 0.2) is 29.4 Å². The second-order valence-corrected chi connectivity index (χ2v) is 5.37. The van der Waals surface area contributed by atoms with Crippen molar-refractivity contribution in [3.05, 3.63) is 29.8 Å². The fraction of sp³-hybridized carbons (Fsp3) is 0.500. The summed E-state index contributed by atoms with van der Waals surface area (Å²) in [5.41, 5.74) is 1.67. The predicted molar refractivity (Wildman–Crippen MR) is 79.4 cm³/mol. The van der Waals surface area contributed by atoms with Crippen molar-refractivity contribution in [3.8, 4) is 5.75 Å². The number of carboxylic acids is 1. The Morgan fingerprint density at radius 3 is 2.62 bits per heavy atom. The van der Waals surface area contributed by atoms with Gasteiger partial charge in [0.25, 0.3) is 0 Å². The number of hydrogen-bond donors (Lipinski definition) is 2. The van der Waals surface area contributed by atoms with Crippen LogP contribution in [0, 0.1) is 5.92 Å². The summed E-state index contributed by atoms with van der Waals surface area (Å²) < 4.78 is 0. The molecule has 0 saturated heterocycles. The number of phenolic OH excluding ortho intramolecular Hbond substituents is 1. The monoisotopic (exact) mass is 291 g/mol. The average Bonchev–Trinajstić information content (AvgIpc) is 2.82. The molecule has 0 bridgehead atoms. The maximum Gasteiger partial charge on any atom is 0.307 e. The molecular formula is C16H21NO4. The van der Waals surface area contributed by atoms with Crippen molar-refractivity contribution in [2.75, 3.05) is 0 Å². The molecule has 21 heavy (non-hydrogen) atoms. The van der Waals surface area contributed by atoms with Gasteiger partial charge in [-0.15, -0.1) is 0 Å². The third kappa shape index (κ3) is 3.97. The first-order chi connectivity index (χ1) is 10.1. The van der Waals surface area contributed by atoms with Gasteiger partial charge in [-0.2, -0.15) is 0 Å². The fourth-order valence-electron chi connectivity index (χ4n) is 2.63. The van der Waals surface area contributed by atoms with E-state index >= 15 is 0 Å². The molecule has 1 aliphatic heterocycles. The van der Waals surface area contributed by atoms with Gasteiger partial charge in [-0.3, -0.25) is 4.79 Å². The fourth-order valence-corrected chi connectivity index (χ4v) is 2.63.